The van der Waals surface area contributed by atoms with Crippen LogP contribution >= 0.6 is 11.3 Å². The molecule has 13 heavy (non-hydrogen) atoms. The van der Waals surface area contributed by atoms with Crippen molar-refractivity contribution in [2.24, 2.45) is 7.05 Å². The summed E-state index contributed by atoms with van der Waals surface area (Å²) in [6, 6.07) is 0. The van der Waals surface area contributed by atoms with Crippen LogP contribution < -0.4 is 4.57 Å². The molecular weight excluding hydrogens is 205 g/mol. The average molecular weight is 215 g/mol. The molecule has 0 aliphatic rings. The van der Waals surface area contributed by atoms with Crippen molar-refractivity contribution in [2.75, 3.05) is 0 Å². The second-order valence-corrected chi connectivity index (χ2v) is 3.53. The van der Waals surface area contributed by atoms with Gasteiger partial charge in [0.25, 0.3) is 0 Å². The van der Waals surface area contributed by atoms with E-state index in [-0.39, 0.29) is 0 Å². The zero-order chi connectivity index (χ0) is 10.6. The lowest BCUT2D eigenvalue weighted by atomic mass is 10.3. The van der Waals surface area contributed by atoms with Crippen LogP contribution in [0.4, 0.5) is 17.3 Å². The van der Waals surface area contributed by atoms with Crippen LogP contribution in [0.3, 0.4) is 0 Å². The van der Waals surface area contributed by atoms with Crippen molar-refractivity contribution in [3.63, 3.8) is 0 Å². The highest BCUT2D eigenvalue weighted by molar-refractivity contribution is 7.09. The molecule has 0 aromatic carbocycles. The number of thiazole rings is 1. The Bertz CT molecular complexity index is 245. The van der Waals surface area contributed by atoms with Crippen molar-refractivity contribution in [3.8, 4) is 0 Å². The molecule has 0 saturated heterocycles. The van der Waals surface area contributed by atoms with Gasteiger partial charge in [-0.05, 0) is 6.92 Å². The maximum Gasteiger partial charge on any atom is 0.673 e. The van der Waals surface area contributed by atoms with Crippen molar-refractivity contribution >= 4 is 18.6 Å². The number of hydrogen-bond acceptors (Lipinski definition) is 1. The van der Waals surface area contributed by atoms with Crippen LogP contribution in [-0.2, 0) is 7.05 Å². The fraction of sp³-hybridized carbons (Fsp3) is 0.500. The van der Waals surface area contributed by atoms with Crippen molar-refractivity contribution in [3.05, 3.63) is 16.1 Å². The molecule has 1 heterocycles. The normalized spacial score (nSPS) is 10.7. The number of nitrogens with zero attached hydrogens (tertiary/aromatic N) is 1. The number of aryl methyl sites for hydroxylation is 2. The lowest BCUT2D eigenvalue weighted by Crippen LogP contribution is -2.27. The number of hydrogen-bond donors (Lipinski definition) is 0. The van der Waals surface area contributed by atoms with Gasteiger partial charge in [0.05, 0.1) is 4.88 Å². The predicted octanol–water partition coefficient (Wildman–Crippen LogP) is 2.49. The van der Waals surface area contributed by atoms with Crippen LogP contribution in [0.1, 0.15) is 10.6 Å². The van der Waals surface area contributed by atoms with Crippen molar-refractivity contribution in [1.82, 2.24) is 0 Å². The Kier molecular flexibility index (Phi) is 4.39. The quantitative estimate of drug-likeness (QED) is 0.355. The molecule has 0 fully saturated rings. The van der Waals surface area contributed by atoms with E-state index in [4.69, 9.17) is 0 Å². The van der Waals surface area contributed by atoms with E-state index in [1.807, 2.05) is 0 Å². The molecule has 1 aromatic heterocycles. The summed E-state index contributed by atoms with van der Waals surface area (Å²) in [6.45, 7) is 4.27. The Morgan fingerprint density at radius 1 is 1.23 bits per heavy atom. The zero-order valence-electron chi connectivity index (χ0n) is 7.52. The monoisotopic (exact) mass is 215 g/mol. The third-order valence-electron chi connectivity index (χ3n) is 1.43. The maximum absolute atomic E-state index is 9.75. The number of rotatable bonds is 0. The van der Waals surface area contributed by atoms with Gasteiger partial charge in [-0.1, -0.05) is 11.3 Å². The highest BCUT2D eigenvalue weighted by atomic mass is 32.1. The lowest BCUT2D eigenvalue weighted by Gasteiger charge is -1.94. The van der Waals surface area contributed by atoms with E-state index < -0.39 is 7.25 Å². The highest BCUT2D eigenvalue weighted by Gasteiger charge is 2.20. The molecule has 1 rings (SSSR count). The first kappa shape index (κ1) is 12.4. The summed E-state index contributed by atoms with van der Waals surface area (Å²) in [5.74, 6) is 0. The van der Waals surface area contributed by atoms with Gasteiger partial charge < -0.3 is 17.3 Å². The molecule has 0 bridgehead atoms. The minimum atomic E-state index is -6.00. The summed E-state index contributed by atoms with van der Waals surface area (Å²) in [6.07, 6.45) is 0. The van der Waals surface area contributed by atoms with E-state index in [9.17, 15) is 17.3 Å². The summed E-state index contributed by atoms with van der Waals surface area (Å²) in [4.78, 5) is 1.41. The van der Waals surface area contributed by atoms with E-state index in [1.54, 1.807) is 11.3 Å². The molecular formula is C6H10BF4NS. The van der Waals surface area contributed by atoms with Gasteiger partial charge in [0.1, 0.15) is 7.05 Å². The topological polar surface area (TPSA) is 3.88 Å². The number of aromatic nitrogens is 1. The molecule has 0 amide bonds. The van der Waals surface area contributed by atoms with E-state index in [0.717, 1.165) is 0 Å². The third kappa shape index (κ3) is 6.56. The van der Waals surface area contributed by atoms with Gasteiger partial charge in [0.15, 0.2) is 5.69 Å². The van der Waals surface area contributed by atoms with Gasteiger partial charge in [0.2, 0.25) is 5.51 Å². The SMILES string of the molecule is Cc1sc[n+](C)c1C.F[B-](F)(F)F. The van der Waals surface area contributed by atoms with Gasteiger partial charge in [-0.2, -0.15) is 4.57 Å². The minimum absolute atomic E-state index is 1.37. The third-order valence-corrected chi connectivity index (χ3v) is 2.50. The molecule has 0 saturated carbocycles. The lowest BCUT2D eigenvalue weighted by molar-refractivity contribution is -0.672. The summed E-state index contributed by atoms with van der Waals surface area (Å²) >= 11 is 1.79. The predicted molar refractivity (Wildman–Crippen MR) is 45.2 cm³/mol. The fourth-order valence-corrected chi connectivity index (χ4v) is 1.36. The highest BCUT2D eigenvalue weighted by Crippen LogP contribution is 2.06. The Balaban J connectivity index is 0.000000252. The summed E-state index contributed by atoms with van der Waals surface area (Å²) in [5.41, 5.74) is 3.49. The standard InChI is InChI=1S/C6H10NS.BF4/c1-5-6(2)8-4-7(5)3;2-1(3,4)5/h4H,1-3H3;/q+1;-1. The fourth-order valence-electron chi connectivity index (χ4n) is 0.571. The Labute approximate surface area is 78.1 Å². The van der Waals surface area contributed by atoms with Gasteiger partial charge in [-0.3, -0.25) is 0 Å². The van der Waals surface area contributed by atoms with Gasteiger partial charge >= 0.3 is 7.25 Å². The summed E-state index contributed by atoms with van der Waals surface area (Å²) < 4.78 is 41.1. The second-order valence-electron chi connectivity index (χ2n) is 2.47. The van der Waals surface area contributed by atoms with Crippen LogP contribution in [0.5, 0.6) is 0 Å². The first-order chi connectivity index (χ1) is 5.72. The summed E-state index contributed by atoms with van der Waals surface area (Å²) in [5, 5.41) is 0. The zero-order valence-corrected chi connectivity index (χ0v) is 8.34. The van der Waals surface area contributed by atoms with Crippen molar-refractivity contribution in [1.29, 1.82) is 0 Å². The molecule has 7 heteroatoms. The van der Waals surface area contributed by atoms with Gasteiger partial charge in [0, 0.05) is 6.92 Å². The van der Waals surface area contributed by atoms with E-state index in [2.05, 4.69) is 31.0 Å². The van der Waals surface area contributed by atoms with Crippen molar-refractivity contribution < 1.29 is 21.8 Å². The van der Waals surface area contributed by atoms with Crippen LogP contribution in [0.25, 0.3) is 0 Å². The largest absolute Gasteiger partial charge is 0.673 e. The van der Waals surface area contributed by atoms with Crippen LogP contribution in [0.2, 0.25) is 0 Å². The molecule has 0 atom stereocenters. The van der Waals surface area contributed by atoms with E-state index in [1.165, 1.54) is 10.6 Å². The van der Waals surface area contributed by atoms with Gasteiger partial charge in [-0.25, -0.2) is 0 Å². The van der Waals surface area contributed by atoms with E-state index >= 15 is 0 Å². The number of halogens is 4. The first-order valence-electron chi connectivity index (χ1n) is 3.49. The van der Waals surface area contributed by atoms with Crippen LogP contribution in [0.15, 0.2) is 5.51 Å². The first-order valence-corrected chi connectivity index (χ1v) is 4.37. The molecule has 76 valence electrons. The van der Waals surface area contributed by atoms with E-state index in [0.29, 0.717) is 0 Å². The average Bonchev–Trinajstić information content (AvgIpc) is 2.16. The Morgan fingerprint density at radius 2 is 1.62 bits per heavy atom. The molecule has 0 N–H and O–H groups in total. The van der Waals surface area contributed by atoms with Crippen molar-refractivity contribution in [2.45, 2.75) is 13.8 Å². The molecule has 0 unspecified atom stereocenters. The Hall–Kier alpha value is -0.585. The maximum atomic E-state index is 9.75. The van der Waals surface area contributed by atoms with Crippen LogP contribution in [0, 0.1) is 13.8 Å². The second kappa shape index (κ2) is 4.60. The summed E-state index contributed by atoms with van der Waals surface area (Å²) in [7, 11) is -3.93. The van der Waals surface area contributed by atoms with Crippen LogP contribution in [-0.4, -0.2) is 7.25 Å². The minimum Gasteiger partial charge on any atom is -0.418 e. The van der Waals surface area contributed by atoms with Gasteiger partial charge in [-0.15, -0.1) is 0 Å². The molecule has 0 radical (unpaired) electrons. The molecule has 1 nitrogen and oxygen atoms in total. The smallest absolute Gasteiger partial charge is 0.418 e. The Morgan fingerprint density at radius 3 is 1.69 bits per heavy atom. The molecule has 1 aromatic rings. The molecule has 0 spiro atoms. The molecule has 0 aliphatic heterocycles. The molecule has 0 aliphatic carbocycles.